The van der Waals surface area contributed by atoms with Crippen molar-refractivity contribution in [3.63, 3.8) is 0 Å². The minimum Gasteiger partial charge on any atom is -0.494 e. The fourth-order valence-electron chi connectivity index (χ4n) is 2.73. The molecule has 0 saturated carbocycles. The van der Waals surface area contributed by atoms with Gasteiger partial charge in [-0.1, -0.05) is 24.3 Å². The maximum absolute atomic E-state index is 12.3. The number of ether oxygens (including phenoxy) is 1. The number of carbonyl (C=O) groups excluding carboxylic acids is 2. The largest absolute Gasteiger partial charge is 0.494 e. The molecule has 0 saturated heterocycles. The van der Waals surface area contributed by atoms with Crippen LogP contribution in [0.2, 0.25) is 0 Å². The predicted molar refractivity (Wildman–Crippen MR) is 113 cm³/mol. The molecule has 1 aromatic heterocycles. The molecule has 0 aliphatic carbocycles. The second kappa shape index (κ2) is 9.32. The highest BCUT2D eigenvalue weighted by molar-refractivity contribution is 7.22. The monoisotopic (exact) mass is 397 g/mol. The third-order valence-corrected chi connectivity index (χ3v) is 4.92. The van der Waals surface area contributed by atoms with Gasteiger partial charge in [-0.2, -0.15) is 0 Å². The van der Waals surface area contributed by atoms with Crippen molar-refractivity contribution >= 4 is 44.2 Å². The molecule has 0 unspecified atom stereocenters. The van der Waals surface area contributed by atoms with E-state index in [-0.39, 0.29) is 18.2 Å². The third kappa shape index (κ3) is 5.29. The summed E-state index contributed by atoms with van der Waals surface area (Å²) in [5, 5.41) is 6.29. The van der Waals surface area contributed by atoms with Gasteiger partial charge in [0.15, 0.2) is 5.13 Å². The fraction of sp³-hybridized carbons (Fsp3) is 0.286. The van der Waals surface area contributed by atoms with Crippen LogP contribution in [-0.2, 0) is 16.0 Å². The number of benzene rings is 2. The Labute approximate surface area is 167 Å². The summed E-state index contributed by atoms with van der Waals surface area (Å²) in [6.07, 6.45) is 1.54. The van der Waals surface area contributed by atoms with Gasteiger partial charge in [-0.05, 0) is 55.3 Å². The molecule has 0 bridgehead atoms. The molecule has 146 valence electrons. The van der Waals surface area contributed by atoms with Crippen LogP contribution in [0.25, 0.3) is 10.2 Å². The molecule has 0 aliphatic heterocycles. The highest BCUT2D eigenvalue weighted by atomic mass is 32.1. The molecule has 6 nitrogen and oxygen atoms in total. The topological polar surface area (TPSA) is 80.3 Å². The number of thiazole rings is 1. The van der Waals surface area contributed by atoms with E-state index in [0.717, 1.165) is 33.6 Å². The standard InChI is InChI=1S/C21H23N3O3S/c1-3-5-19(25)24-21-23-17-11-6-14(12-18(17)28-21)13-20(26)22-15-7-9-16(10-8-15)27-4-2/h6-12H,3-5,13H2,1-2H3,(H,22,26)(H,23,24,25). The molecule has 3 aromatic rings. The molecule has 2 amide bonds. The second-order valence-electron chi connectivity index (χ2n) is 6.30. The molecule has 2 aromatic carbocycles. The van der Waals surface area contributed by atoms with E-state index in [1.54, 1.807) is 0 Å². The first-order chi connectivity index (χ1) is 13.6. The lowest BCUT2D eigenvalue weighted by Gasteiger charge is -2.07. The van der Waals surface area contributed by atoms with Crippen molar-refractivity contribution in [3.8, 4) is 5.75 Å². The average Bonchev–Trinajstić information content (AvgIpc) is 3.05. The second-order valence-corrected chi connectivity index (χ2v) is 7.33. The van der Waals surface area contributed by atoms with Crippen molar-refractivity contribution in [2.45, 2.75) is 33.1 Å². The molecule has 0 spiro atoms. The zero-order valence-corrected chi connectivity index (χ0v) is 16.8. The number of fused-ring (bicyclic) bond motifs is 1. The van der Waals surface area contributed by atoms with Gasteiger partial charge in [0.05, 0.1) is 23.2 Å². The highest BCUT2D eigenvalue weighted by Crippen LogP contribution is 2.27. The number of rotatable bonds is 8. The van der Waals surface area contributed by atoms with E-state index < -0.39 is 0 Å². The number of hydrogen-bond acceptors (Lipinski definition) is 5. The molecule has 2 N–H and O–H groups in total. The van der Waals surface area contributed by atoms with Crippen molar-refractivity contribution in [1.82, 2.24) is 4.98 Å². The number of nitrogens with zero attached hydrogens (tertiary/aromatic N) is 1. The predicted octanol–water partition coefficient (Wildman–Crippen LogP) is 4.61. The summed E-state index contributed by atoms with van der Waals surface area (Å²) in [5.41, 5.74) is 2.44. The van der Waals surface area contributed by atoms with E-state index >= 15 is 0 Å². The smallest absolute Gasteiger partial charge is 0.228 e. The van der Waals surface area contributed by atoms with Crippen molar-refractivity contribution in [3.05, 3.63) is 48.0 Å². The number of anilines is 2. The Hall–Kier alpha value is -2.93. The summed E-state index contributed by atoms with van der Waals surface area (Å²) in [6.45, 7) is 4.50. The van der Waals surface area contributed by atoms with E-state index in [9.17, 15) is 9.59 Å². The van der Waals surface area contributed by atoms with E-state index in [2.05, 4.69) is 15.6 Å². The van der Waals surface area contributed by atoms with Gasteiger partial charge in [-0.15, -0.1) is 0 Å². The lowest BCUT2D eigenvalue weighted by Crippen LogP contribution is -2.14. The summed E-state index contributed by atoms with van der Waals surface area (Å²) in [5.74, 6) is 0.652. The summed E-state index contributed by atoms with van der Waals surface area (Å²) in [4.78, 5) is 28.5. The molecule has 0 aliphatic rings. The van der Waals surface area contributed by atoms with Crippen LogP contribution in [0, 0.1) is 0 Å². The third-order valence-electron chi connectivity index (χ3n) is 3.99. The molecule has 0 radical (unpaired) electrons. The molecule has 28 heavy (non-hydrogen) atoms. The van der Waals surface area contributed by atoms with Crippen LogP contribution >= 0.6 is 11.3 Å². The first-order valence-corrected chi connectivity index (χ1v) is 10.1. The number of aromatic nitrogens is 1. The van der Waals surface area contributed by atoms with Crippen molar-refractivity contribution in [2.24, 2.45) is 0 Å². The lowest BCUT2D eigenvalue weighted by molar-refractivity contribution is -0.116. The Bertz CT molecular complexity index is 967. The fourth-order valence-corrected chi connectivity index (χ4v) is 3.68. The summed E-state index contributed by atoms with van der Waals surface area (Å²) < 4.78 is 6.34. The lowest BCUT2D eigenvalue weighted by atomic mass is 10.1. The first-order valence-electron chi connectivity index (χ1n) is 9.29. The van der Waals surface area contributed by atoms with Gasteiger partial charge in [-0.25, -0.2) is 4.98 Å². The van der Waals surface area contributed by atoms with Gasteiger partial charge in [0.2, 0.25) is 11.8 Å². The average molecular weight is 398 g/mol. The van der Waals surface area contributed by atoms with Crippen LogP contribution in [0.4, 0.5) is 10.8 Å². The van der Waals surface area contributed by atoms with Crippen molar-refractivity contribution in [2.75, 3.05) is 17.2 Å². The Morgan fingerprint density at radius 3 is 2.54 bits per heavy atom. The molecular weight excluding hydrogens is 374 g/mol. The van der Waals surface area contributed by atoms with Crippen molar-refractivity contribution in [1.29, 1.82) is 0 Å². The number of hydrogen-bond donors (Lipinski definition) is 2. The van der Waals surface area contributed by atoms with Gasteiger partial charge < -0.3 is 15.4 Å². The minimum atomic E-state index is -0.0931. The number of amides is 2. The SMILES string of the molecule is CCCC(=O)Nc1nc2ccc(CC(=O)Nc3ccc(OCC)cc3)cc2s1. The van der Waals surface area contributed by atoms with Gasteiger partial charge in [0.25, 0.3) is 0 Å². The first kappa shape index (κ1) is 19.8. The van der Waals surface area contributed by atoms with E-state index in [0.29, 0.717) is 18.2 Å². The van der Waals surface area contributed by atoms with Gasteiger partial charge in [-0.3, -0.25) is 9.59 Å². The van der Waals surface area contributed by atoms with E-state index in [1.807, 2.05) is 56.3 Å². The maximum atomic E-state index is 12.3. The van der Waals surface area contributed by atoms with Crippen LogP contribution in [0.15, 0.2) is 42.5 Å². The normalized spacial score (nSPS) is 10.6. The van der Waals surface area contributed by atoms with Crippen LogP contribution in [0.3, 0.4) is 0 Å². The maximum Gasteiger partial charge on any atom is 0.228 e. The van der Waals surface area contributed by atoms with Crippen LogP contribution < -0.4 is 15.4 Å². The molecule has 1 heterocycles. The van der Waals surface area contributed by atoms with Crippen LogP contribution in [0.5, 0.6) is 5.75 Å². The zero-order chi connectivity index (χ0) is 19.9. The van der Waals surface area contributed by atoms with Crippen molar-refractivity contribution < 1.29 is 14.3 Å². The highest BCUT2D eigenvalue weighted by Gasteiger charge is 2.10. The molecule has 0 fully saturated rings. The minimum absolute atomic E-state index is 0.0310. The van der Waals surface area contributed by atoms with Gasteiger partial charge >= 0.3 is 0 Å². The van der Waals surface area contributed by atoms with E-state index in [1.165, 1.54) is 11.3 Å². The number of nitrogens with one attached hydrogen (secondary N) is 2. The van der Waals surface area contributed by atoms with Gasteiger partial charge in [0, 0.05) is 12.1 Å². The summed E-state index contributed by atoms with van der Waals surface area (Å²) >= 11 is 1.41. The Morgan fingerprint density at radius 2 is 1.82 bits per heavy atom. The summed E-state index contributed by atoms with van der Waals surface area (Å²) in [7, 11) is 0. The Kier molecular flexibility index (Phi) is 6.60. The van der Waals surface area contributed by atoms with Gasteiger partial charge in [0.1, 0.15) is 5.75 Å². The quantitative estimate of drug-likeness (QED) is 0.581. The zero-order valence-electron chi connectivity index (χ0n) is 16.0. The van der Waals surface area contributed by atoms with Crippen LogP contribution in [-0.4, -0.2) is 23.4 Å². The Balaban J connectivity index is 1.63. The van der Waals surface area contributed by atoms with E-state index in [4.69, 9.17) is 4.74 Å². The molecular formula is C21H23N3O3S. The van der Waals surface area contributed by atoms with Crippen LogP contribution in [0.1, 0.15) is 32.3 Å². The molecule has 7 heteroatoms. The number of carbonyl (C=O) groups is 2. The molecule has 0 atom stereocenters. The summed E-state index contributed by atoms with van der Waals surface area (Å²) in [6, 6.07) is 13.0. The molecule has 3 rings (SSSR count). The Morgan fingerprint density at radius 1 is 1.04 bits per heavy atom.